The first-order valence-corrected chi connectivity index (χ1v) is 6.32. The number of rotatable bonds is 3. The molecule has 2 N–H and O–H groups in total. The minimum atomic E-state index is -0.297. The van der Waals surface area contributed by atoms with Crippen LogP contribution in [0.1, 0.15) is 18.4 Å². The van der Waals surface area contributed by atoms with Crippen molar-refractivity contribution in [2.45, 2.75) is 19.8 Å². The highest BCUT2D eigenvalue weighted by Crippen LogP contribution is 2.32. The van der Waals surface area contributed by atoms with Gasteiger partial charge in [-0.15, -0.1) is 0 Å². The first kappa shape index (κ1) is 12.8. The van der Waals surface area contributed by atoms with Crippen molar-refractivity contribution in [2.75, 3.05) is 24.5 Å². The molecule has 1 fully saturated rings. The zero-order chi connectivity index (χ0) is 13.1. The lowest BCUT2D eigenvalue weighted by atomic mass is 9.97. The molecule has 0 bridgehead atoms. The third-order valence-electron chi connectivity index (χ3n) is 3.52. The van der Waals surface area contributed by atoms with Crippen LogP contribution in [0, 0.1) is 23.0 Å². The van der Waals surface area contributed by atoms with Gasteiger partial charge in [0.2, 0.25) is 0 Å². The molecule has 1 saturated heterocycles. The van der Waals surface area contributed by atoms with E-state index in [4.69, 9.17) is 5.73 Å². The Hall–Kier alpha value is -1.62. The van der Waals surface area contributed by atoms with Crippen LogP contribution in [0.15, 0.2) is 18.2 Å². The van der Waals surface area contributed by atoms with Crippen LogP contribution < -0.4 is 10.6 Å². The third-order valence-corrected chi connectivity index (χ3v) is 3.52. The number of anilines is 1. The average Bonchev–Trinajstić information content (AvgIpc) is 2.38. The molecule has 0 radical (unpaired) electrons. The van der Waals surface area contributed by atoms with E-state index in [0.717, 1.165) is 37.2 Å². The maximum Gasteiger partial charge on any atom is 0.292 e. The Labute approximate surface area is 107 Å². The minimum Gasteiger partial charge on any atom is -0.366 e. The second-order valence-electron chi connectivity index (χ2n) is 4.94. The fraction of sp³-hybridized carbons (Fsp3) is 0.538. The lowest BCUT2D eigenvalue weighted by Gasteiger charge is -2.33. The molecule has 0 aliphatic carbocycles. The standard InChI is InChI=1S/C13H19N3O2/c1-10-4-5-12(13(7-10)16(17)18)15-6-2-3-11(8-14)9-15/h4-5,7,11H,2-3,6,8-9,14H2,1H3. The SMILES string of the molecule is Cc1ccc(N2CCCC(CN)C2)c([N+](=O)[O-])c1. The van der Waals surface area contributed by atoms with Crippen molar-refractivity contribution in [3.63, 3.8) is 0 Å². The Balaban J connectivity index is 2.29. The second-order valence-corrected chi connectivity index (χ2v) is 4.94. The van der Waals surface area contributed by atoms with E-state index in [1.165, 1.54) is 0 Å². The van der Waals surface area contributed by atoms with Crippen LogP contribution in [0.25, 0.3) is 0 Å². The highest BCUT2D eigenvalue weighted by Gasteiger charge is 2.24. The number of piperidine rings is 1. The van der Waals surface area contributed by atoms with Crippen LogP contribution in [0.4, 0.5) is 11.4 Å². The van der Waals surface area contributed by atoms with Gasteiger partial charge in [0.05, 0.1) is 4.92 Å². The topological polar surface area (TPSA) is 72.4 Å². The summed E-state index contributed by atoms with van der Waals surface area (Å²) in [6, 6.07) is 5.42. The van der Waals surface area contributed by atoms with Crippen molar-refractivity contribution in [1.29, 1.82) is 0 Å². The van der Waals surface area contributed by atoms with Gasteiger partial charge in [0.1, 0.15) is 5.69 Å². The summed E-state index contributed by atoms with van der Waals surface area (Å²) in [7, 11) is 0. The molecule has 18 heavy (non-hydrogen) atoms. The number of nitro groups is 1. The zero-order valence-corrected chi connectivity index (χ0v) is 10.6. The summed E-state index contributed by atoms with van der Waals surface area (Å²) in [6.45, 7) is 4.21. The van der Waals surface area contributed by atoms with Crippen LogP contribution in [0.5, 0.6) is 0 Å². The molecular weight excluding hydrogens is 230 g/mol. The quantitative estimate of drug-likeness (QED) is 0.657. The molecule has 1 heterocycles. The van der Waals surface area contributed by atoms with E-state index < -0.39 is 0 Å². The first-order valence-electron chi connectivity index (χ1n) is 6.32. The normalized spacial score (nSPS) is 19.9. The average molecular weight is 249 g/mol. The number of nitrogens with zero attached hydrogens (tertiary/aromatic N) is 2. The molecule has 1 atom stereocenters. The molecule has 1 aliphatic heterocycles. The van der Waals surface area contributed by atoms with Gasteiger partial charge in [-0.3, -0.25) is 10.1 Å². The summed E-state index contributed by atoms with van der Waals surface area (Å²) in [5.74, 6) is 0.444. The van der Waals surface area contributed by atoms with Crippen LogP contribution >= 0.6 is 0 Å². The molecule has 1 aromatic rings. The predicted molar refractivity (Wildman–Crippen MR) is 71.8 cm³/mol. The van der Waals surface area contributed by atoms with Gasteiger partial charge in [-0.1, -0.05) is 6.07 Å². The fourth-order valence-electron chi connectivity index (χ4n) is 2.52. The number of aryl methyl sites for hydroxylation is 1. The van der Waals surface area contributed by atoms with Gasteiger partial charge in [-0.2, -0.15) is 0 Å². The molecule has 5 nitrogen and oxygen atoms in total. The summed E-state index contributed by atoms with van der Waals surface area (Å²) in [4.78, 5) is 12.9. The molecule has 1 aromatic carbocycles. The molecule has 98 valence electrons. The van der Waals surface area contributed by atoms with Crippen LogP contribution in [0.3, 0.4) is 0 Å². The van der Waals surface area contributed by atoms with E-state index in [1.807, 2.05) is 19.1 Å². The first-order chi connectivity index (χ1) is 8.61. The Morgan fingerprint density at radius 2 is 2.33 bits per heavy atom. The molecule has 1 aliphatic rings. The summed E-state index contributed by atoms with van der Waals surface area (Å²) >= 11 is 0. The maximum atomic E-state index is 11.1. The van der Waals surface area contributed by atoms with Gasteiger partial charge in [0.15, 0.2) is 0 Å². The van der Waals surface area contributed by atoms with Crippen molar-refractivity contribution in [3.05, 3.63) is 33.9 Å². The summed E-state index contributed by atoms with van der Waals surface area (Å²) in [5.41, 5.74) is 7.55. The molecule has 0 saturated carbocycles. The van der Waals surface area contributed by atoms with Crippen LogP contribution in [-0.2, 0) is 0 Å². The van der Waals surface area contributed by atoms with Gasteiger partial charge < -0.3 is 10.6 Å². The van der Waals surface area contributed by atoms with Crippen LogP contribution in [-0.4, -0.2) is 24.6 Å². The van der Waals surface area contributed by atoms with E-state index in [2.05, 4.69) is 4.90 Å². The third kappa shape index (κ3) is 2.61. The van der Waals surface area contributed by atoms with E-state index >= 15 is 0 Å². The molecule has 1 unspecified atom stereocenters. The predicted octanol–water partition coefficient (Wildman–Crippen LogP) is 2.08. The molecule has 2 rings (SSSR count). The van der Waals surface area contributed by atoms with Crippen molar-refractivity contribution >= 4 is 11.4 Å². The molecular formula is C13H19N3O2. The lowest BCUT2D eigenvalue weighted by Crippen LogP contribution is -2.38. The van der Waals surface area contributed by atoms with Crippen molar-refractivity contribution in [1.82, 2.24) is 0 Å². The highest BCUT2D eigenvalue weighted by molar-refractivity contribution is 5.64. The van der Waals surface area contributed by atoms with Gasteiger partial charge in [0, 0.05) is 19.2 Å². The zero-order valence-electron chi connectivity index (χ0n) is 10.6. The van der Waals surface area contributed by atoms with Gasteiger partial charge >= 0.3 is 0 Å². The van der Waals surface area contributed by atoms with E-state index in [0.29, 0.717) is 12.5 Å². The van der Waals surface area contributed by atoms with Gasteiger partial charge in [0.25, 0.3) is 5.69 Å². The van der Waals surface area contributed by atoms with E-state index in [9.17, 15) is 10.1 Å². The van der Waals surface area contributed by atoms with E-state index in [1.54, 1.807) is 6.07 Å². The molecule has 5 heteroatoms. The molecule has 0 spiro atoms. The van der Waals surface area contributed by atoms with Gasteiger partial charge in [-0.25, -0.2) is 0 Å². The number of hydrogen-bond acceptors (Lipinski definition) is 4. The Morgan fingerprint density at radius 1 is 1.56 bits per heavy atom. The van der Waals surface area contributed by atoms with Crippen molar-refractivity contribution in [3.8, 4) is 0 Å². The number of hydrogen-bond donors (Lipinski definition) is 1. The largest absolute Gasteiger partial charge is 0.366 e. The summed E-state index contributed by atoms with van der Waals surface area (Å²) in [6.07, 6.45) is 2.17. The number of nitrogens with two attached hydrogens (primary N) is 1. The Bertz CT molecular complexity index is 448. The highest BCUT2D eigenvalue weighted by atomic mass is 16.6. The number of nitro benzene ring substituents is 1. The lowest BCUT2D eigenvalue weighted by molar-refractivity contribution is -0.384. The van der Waals surface area contributed by atoms with Crippen LogP contribution in [0.2, 0.25) is 0 Å². The molecule has 0 aromatic heterocycles. The monoisotopic (exact) mass is 249 g/mol. The molecule has 0 amide bonds. The van der Waals surface area contributed by atoms with E-state index in [-0.39, 0.29) is 10.6 Å². The van der Waals surface area contributed by atoms with Gasteiger partial charge in [-0.05, 0) is 43.9 Å². The maximum absolute atomic E-state index is 11.1. The van der Waals surface area contributed by atoms with Crippen molar-refractivity contribution in [2.24, 2.45) is 11.7 Å². The van der Waals surface area contributed by atoms with Crippen molar-refractivity contribution < 1.29 is 4.92 Å². The smallest absolute Gasteiger partial charge is 0.292 e. The Kier molecular flexibility index (Phi) is 3.81. The Morgan fingerprint density at radius 3 is 3.00 bits per heavy atom. The second kappa shape index (κ2) is 5.35. The minimum absolute atomic E-state index is 0.202. The summed E-state index contributed by atoms with van der Waals surface area (Å²) < 4.78 is 0. The fourth-order valence-corrected chi connectivity index (χ4v) is 2.52. The number of benzene rings is 1. The summed E-state index contributed by atoms with van der Waals surface area (Å²) in [5, 5.41) is 11.1.